The van der Waals surface area contributed by atoms with Crippen molar-refractivity contribution in [3.05, 3.63) is 11.8 Å². The second-order valence-electron chi connectivity index (χ2n) is 4.99. The number of ether oxygens (including phenoxy) is 3. The zero-order valence-electron chi connectivity index (χ0n) is 15.1. The summed E-state index contributed by atoms with van der Waals surface area (Å²) in [4.78, 5) is 11.9. The van der Waals surface area contributed by atoms with Crippen molar-refractivity contribution in [3.63, 3.8) is 0 Å². The smallest absolute Gasteiger partial charge is 0.263 e. The van der Waals surface area contributed by atoms with Crippen LogP contribution in [0.15, 0.2) is 11.8 Å². The van der Waals surface area contributed by atoms with E-state index in [-0.39, 0.29) is 5.57 Å². The van der Waals surface area contributed by atoms with E-state index in [1.807, 2.05) is 19.9 Å². The van der Waals surface area contributed by atoms with Crippen molar-refractivity contribution in [1.82, 2.24) is 10.6 Å². The van der Waals surface area contributed by atoms with Crippen LogP contribution in [0.1, 0.15) is 40.0 Å². The summed E-state index contributed by atoms with van der Waals surface area (Å²) in [6, 6.07) is 1.88. The minimum Gasteiger partial charge on any atom is -0.385 e. The molecule has 0 aromatic rings. The van der Waals surface area contributed by atoms with Gasteiger partial charge in [-0.3, -0.25) is 4.79 Å². The van der Waals surface area contributed by atoms with Crippen molar-refractivity contribution in [1.29, 1.82) is 5.26 Å². The molecule has 1 amide bonds. The quantitative estimate of drug-likeness (QED) is 0.204. The first-order valence-electron chi connectivity index (χ1n) is 8.62. The number of unbranched alkanes of at least 4 members (excludes halogenated alkanes) is 1. The predicted molar refractivity (Wildman–Crippen MR) is 92.1 cm³/mol. The summed E-state index contributed by atoms with van der Waals surface area (Å²) in [5.74, 6) is -0.400. The molecule has 24 heavy (non-hydrogen) atoms. The molecule has 7 nitrogen and oxygen atoms in total. The Labute approximate surface area is 145 Å². The molecular formula is C17H31N3O4. The average molecular weight is 341 g/mol. The Kier molecular flexibility index (Phi) is 15.1. The van der Waals surface area contributed by atoms with Crippen molar-refractivity contribution in [2.24, 2.45) is 0 Å². The molecule has 0 saturated heterocycles. The van der Waals surface area contributed by atoms with E-state index in [4.69, 9.17) is 19.5 Å². The average Bonchev–Trinajstić information content (AvgIpc) is 2.58. The zero-order valence-corrected chi connectivity index (χ0v) is 15.1. The van der Waals surface area contributed by atoms with Crippen molar-refractivity contribution >= 4 is 5.91 Å². The number of hydrogen-bond acceptors (Lipinski definition) is 6. The van der Waals surface area contributed by atoms with Gasteiger partial charge in [-0.2, -0.15) is 5.26 Å². The Morgan fingerprint density at radius 2 is 1.83 bits per heavy atom. The van der Waals surface area contributed by atoms with Crippen LogP contribution in [0.4, 0.5) is 0 Å². The lowest BCUT2D eigenvalue weighted by atomic mass is 10.3. The lowest BCUT2D eigenvalue weighted by molar-refractivity contribution is -0.131. The SMILES string of the molecule is CCCCOCCCNC(=O)/C(C#N)=C\NCC(OCC)OCC. The molecule has 0 spiro atoms. The van der Waals surface area contributed by atoms with E-state index < -0.39 is 12.2 Å². The number of carbonyl (C=O) groups excluding carboxylic acids is 1. The highest BCUT2D eigenvalue weighted by Crippen LogP contribution is 1.96. The fourth-order valence-electron chi connectivity index (χ4n) is 1.76. The van der Waals surface area contributed by atoms with Crippen LogP contribution in [0.2, 0.25) is 0 Å². The first kappa shape index (κ1) is 22.4. The van der Waals surface area contributed by atoms with Crippen LogP contribution in [-0.2, 0) is 19.0 Å². The summed E-state index contributed by atoms with van der Waals surface area (Å²) in [5.41, 5.74) is 0.0219. The topological polar surface area (TPSA) is 92.6 Å². The molecule has 0 fully saturated rings. The molecule has 0 radical (unpaired) electrons. The molecule has 138 valence electrons. The largest absolute Gasteiger partial charge is 0.385 e. The summed E-state index contributed by atoms with van der Waals surface area (Å²) in [7, 11) is 0. The van der Waals surface area contributed by atoms with Crippen LogP contribution in [0.5, 0.6) is 0 Å². The van der Waals surface area contributed by atoms with E-state index in [2.05, 4.69) is 17.6 Å². The Morgan fingerprint density at radius 1 is 1.17 bits per heavy atom. The van der Waals surface area contributed by atoms with E-state index in [1.54, 1.807) is 0 Å². The molecular weight excluding hydrogens is 310 g/mol. The van der Waals surface area contributed by atoms with Crippen molar-refractivity contribution in [3.8, 4) is 6.07 Å². The standard InChI is InChI=1S/C17H31N3O4/c1-4-7-10-22-11-8-9-20-17(21)15(12-18)13-19-14-16(23-5-2)24-6-3/h13,16,19H,4-11,14H2,1-3H3,(H,20,21)/b15-13-. The minimum atomic E-state index is -0.403. The van der Waals surface area contributed by atoms with Crippen molar-refractivity contribution in [2.45, 2.75) is 46.3 Å². The van der Waals surface area contributed by atoms with E-state index in [0.29, 0.717) is 32.9 Å². The molecule has 0 aliphatic carbocycles. The highest BCUT2D eigenvalue weighted by molar-refractivity contribution is 5.97. The van der Waals surface area contributed by atoms with Crippen LogP contribution >= 0.6 is 0 Å². The van der Waals surface area contributed by atoms with Gasteiger partial charge in [-0.15, -0.1) is 0 Å². The molecule has 0 saturated carbocycles. The number of hydrogen-bond donors (Lipinski definition) is 2. The van der Waals surface area contributed by atoms with Crippen LogP contribution < -0.4 is 10.6 Å². The van der Waals surface area contributed by atoms with E-state index in [0.717, 1.165) is 25.9 Å². The summed E-state index contributed by atoms with van der Waals surface area (Å²) < 4.78 is 16.1. The maximum absolute atomic E-state index is 11.9. The third-order valence-electron chi connectivity index (χ3n) is 2.99. The third kappa shape index (κ3) is 11.9. The van der Waals surface area contributed by atoms with E-state index in [9.17, 15) is 4.79 Å². The van der Waals surface area contributed by atoms with Crippen LogP contribution in [0.25, 0.3) is 0 Å². The molecule has 2 N–H and O–H groups in total. The Balaban J connectivity index is 4.04. The number of amides is 1. The van der Waals surface area contributed by atoms with Gasteiger partial charge in [0.2, 0.25) is 0 Å². The Morgan fingerprint density at radius 3 is 2.42 bits per heavy atom. The molecule has 0 heterocycles. The van der Waals surface area contributed by atoms with Gasteiger partial charge < -0.3 is 24.8 Å². The van der Waals surface area contributed by atoms with Gasteiger partial charge in [0.15, 0.2) is 6.29 Å². The van der Waals surface area contributed by atoms with Crippen molar-refractivity contribution < 1.29 is 19.0 Å². The van der Waals surface area contributed by atoms with Crippen LogP contribution in [-0.4, -0.2) is 51.7 Å². The number of carbonyl (C=O) groups is 1. The maximum Gasteiger partial charge on any atom is 0.263 e. The molecule has 7 heteroatoms. The van der Waals surface area contributed by atoms with Gasteiger partial charge in [-0.1, -0.05) is 13.3 Å². The van der Waals surface area contributed by atoms with Gasteiger partial charge in [-0.25, -0.2) is 0 Å². The summed E-state index contributed by atoms with van der Waals surface area (Å²) in [5, 5.41) is 14.7. The highest BCUT2D eigenvalue weighted by Gasteiger charge is 2.10. The maximum atomic E-state index is 11.9. The second kappa shape index (κ2) is 16.2. The van der Waals surface area contributed by atoms with Gasteiger partial charge in [0.1, 0.15) is 11.6 Å². The minimum absolute atomic E-state index is 0.0219. The fraction of sp³-hybridized carbons (Fsp3) is 0.765. The number of nitriles is 1. The monoisotopic (exact) mass is 341 g/mol. The Bertz CT molecular complexity index is 388. The zero-order chi connectivity index (χ0) is 18.0. The molecule has 0 atom stereocenters. The van der Waals surface area contributed by atoms with Crippen molar-refractivity contribution in [2.75, 3.05) is 39.5 Å². The summed E-state index contributed by atoms with van der Waals surface area (Å²) in [6.07, 6.45) is 3.85. The number of nitrogens with zero attached hydrogens (tertiary/aromatic N) is 1. The number of nitrogens with one attached hydrogen (secondary N) is 2. The molecule has 0 rings (SSSR count). The first-order valence-corrected chi connectivity index (χ1v) is 8.62. The summed E-state index contributed by atoms with van der Waals surface area (Å²) >= 11 is 0. The highest BCUT2D eigenvalue weighted by atomic mass is 16.7. The van der Waals surface area contributed by atoms with Gasteiger partial charge in [0.05, 0.1) is 6.54 Å². The van der Waals surface area contributed by atoms with Gasteiger partial charge in [0, 0.05) is 39.2 Å². The molecule has 0 aliphatic heterocycles. The van der Waals surface area contributed by atoms with E-state index >= 15 is 0 Å². The normalized spacial score (nSPS) is 11.4. The lowest BCUT2D eigenvalue weighted by Gasteiger charge is -2.16. The van der Waals surface area contributed by atoms with Gasteiger partial charge in [0.25, 0.3) is 5.91 Å². The van der Waals surface area contributed by atoms with Gasteiger partial charge in [-0.05, 0) is 26.7 Å². The first-order chi connectivity index (χ1) is 11.7. The van der Waals surface area contributed by atoms with Gasteiger partial charge >= 0.3 is 0 Å². The third-order valence-corrected chi connectivity index (χ3v) is 2.99. The molecule has 0 aromatic heterocycles. The van der Waals surface area contributed by atoms with E-state index in [1.165, 1.54) is 6.20 Å². The molecule has 0 bridgehead atoms. The fourth-order valence-corrected chi connectivity index (χ4v) is 1.76. The van der Waals surface area contributed by atoms with Crippen LogP contribution in [0.3, 0.4) is 0 Å². The number of rotatable bonds is 15. The summed E-state index contributed by atoms with van der Waals surface area (Å²) in [6.45, 7) is 9.12. The molecule has 0 aliphatic rings. The molecule has 0 unspecified atom stereocenters. The predicted octanol–water partition coefficient (Wildman–Crippen LogP) is 1.71. The lowest BCUT2D eigenvalue weighted by Crippen LogP contribution is -2.31. The molecule has 0 aromatic carbocycles. The Hall–Kier alpha value is -1.62. The second-order valence-corrected chi connectivity index (χ2v) is 4.99. The van der Waals surface area contributed by atoms with Crippen LogP contribution in [0, 0.1) is 11.3 Å².